The van der Waals surface area contributed by atoms with E-state index in [-0.39, 0.29) is 18.3 Å². The standard InChI is InChI=1S/C10H12Cl3NO3S/c1-6(5-18(14,15)16)4-17-10-3-8(12)7(11)2-9(10)13/h2-3,6H,4-5H2,1H3,(H2,14,15,16). The van der Waals surface area contributed by atoms with E-state index in [4.69, 9.17) is 44.7 Å². The maximum Gasteiger partial charge on any atom is 0.209 e. The molecule has 1 aromatic carbocycles. The zero-order valence-corrected chi connectivity index (χ0v) is 12.6. The molecule has 0 bridgehead atoms. The normalized spacial score (nSPS) is 13.4. The predicted molar refractivity (Wildman–Crippen MR) is 74.1 cm³/mol. The fourth-order valence-corrected chi connectivity index (χ4v) is 2.77. The van der Waals surface area contributed by atoms with E-state index in [9.17, 15) is 8.42 Å². The van der Waals surface area contributed by atoms with E-state index < -0.39 is 10.0 Å². The summed E-state index contributed by atoms with van der Waals surface area (Å²) in [6.45, 7) is 1.87. The Bertz CT molecular complexity index is 533. The first kappa shape index (κ1) is 15.9. The van der Waals surface area contributed by atoms with E-state index in [1.807, 2.05) is 0 Å². The molecule has 0 saturated carbocycles. The van der Waals surface area contributed by atoms with Crippen molar-refractivity contribution in [3.63, 3.8) is 0 Å². The molecule has 0 aliphatic rings. The van der Waals surface area contributed by atoms with Crippen LogP contribution in [0.5, 0.6) is 5.75 Å². The Morgan fingerprint density at radius 3 is 2.33 bits per heavy atom. The van der Waals surface area contributed by atoms with Crippen molar-refractivity contribution >= 4 is 44.8 Å². The van der Waals surface area contributed by atoms with Crippen molar-refractivity contribution in [1.82, 2.24) is 0 Å². The van der Waals surface area contributed by atoms with Gasteiger partial charge in [-0.3, -0.25) is 0 Å². The van der Waals surface area contributed by atoms with Crippen LogP contribution in [0.25, 0.3) is 0 Å². The molecule has 0 heterocycles. The molecule has 0 spiro atoms. The Kier molecular flexibility index (Phi) is 5.55. The van der Waals surface area contributed by atoms with Crippen molar-refractivity contribution in [3.05, 3.63) is 27.2 Å². The summed E-state index contributed by atoms with van der Waals surface area (Å²) in [7, 11) is -3.51. The van der Waals surface area contributed by atoms with Gasteiger partial charge in [-0.25, -0.2) is 13.6 Å². The quantitative estimate of drug-likeness (QED) is 0.843. The fraction of sp³-hybridized carbons (Fsp3) is 0.400. The maximum absolute atomic E-state index is 10.9. The smallest absolute Gasteiger partial charge is 0.209 e. The highest BCUT2D eigenvalue weighted by Gasteiger charge is 2.13. The molecule has 1 unspecified atom stereocenters. The molecule has 0 aliphatic heterocycles. The molecule has 1 atom stereocenters. The lowest BCUT2D eigenvalue weighted by molar-refractivity contribution is 0.272. The van der Waals surface area contributed by atoms with Crippen LogP contribution in [0.3, 0.4) is 0 Å². The van der Waals surface area contributed by atoms with Crippen molar-refractivity contribution in [2.45, 2.75) is 6.92 Å². The lowest BCUT2D eigenvalue weighted by Gasteiger charge is -2.13. The van der Waals surface area contributed by atoms with Gasteiger partial charge in [-0.1, -0.05) is 41.7 Å². The first-order chi connectivity index (χ1) is 8.19. The number of primary sulfonamides is 1. The molecular formula is C10H12Cl3NO3S. The Hall–Kier alpha value is -0.200. The second-order valence-electron chi connectivity index (χ2n) is 3.94. The molecule has 0 amide bonds. The molecule has 0 aliphatic carbocycles. The predicted octanol–water partition coefficient (Wildman–Crippen LogP) is 2.95. The number of rotatable bonds is 5. The Morgan fingerprint density at radius 2 is 1.78 bits per heavy atom. The lowest BCUT2D eigenvalue weighted by Crippen LogP contribution is -2.25. The van der Waals surface area contributed by atoms with Crippen molar-refractivity contribution in [3.8, 4) is 5.75 Å². The van der Waals surface area contributed by atoms with Crippen LogP contribution in [0, 0.1) is 5.92 Å². The monoisotopic (exact) mass is 331 g/mol. The van der Waals surface area contributed by atoms with Crippen LogP contribution in [0.4, 0.5) is 0 Å². The minimum absolute atomic E-state index is 0.161. The molecule has 2 N–H and O–H groups in total. The number of nitrogens with two attached hydrogens (primary N) is 1. The van der Waals surface area contributed by atoms with Crippen LogP contribution in [-0.4, -0.2) is 20.8 Å². The third-order valence-corrected chi connectivity index (χ3v) is 4.07. The zero-order valence-electron chi connectivity index (χ0n) is 9.49. The van der Waals surface area contributed by atoms with Crippen LogP contribution < -0.4 is 9.88 Å². The Morgan fingerprint density at radius 1 is 1.22 bits per heavy atom. The number of hydrogen-bond acceptors (Lipinski definition) is 3. The SMILES string of the molecule is CC(COc1cc(Cl)c(Cl)cc1Cl)CS(N)(=O)=O. The van der Waals surface area contributed by atoms with Gasteiger partial charge in [-0.15, -0.1) is 0 Å². The van der Waals surface area contributed by atoms with Crippen LogP contribution in [0.1, 0.15) is 6.92 Å². The van der Waals surface area contributed by atoms with Gasteiger partial charge in [0.2, 0.25) is 10.0 Å². The minimum atomic E-state index is -3.51. The van der Waals surface area contributed by atoms with Gasteiger partial charge in [0.1, 0.15) is 5.75 Å². The first-order valence-electron chi connectivity index (χ1n) is 4.97. The van der Waals surface area contributed by atoms with Gasteiger partial charge in [0, 0.05) is 12.0 Å². The summed E-state index contributed by atoms with van der Waals surface area (Å²) in [4.78, 5) is 0. The van der Waals surface area contributed by atoms with Gasteiger partial charge < -0.3 is 4.74 Å². The van der Waals surface area contributed by atoms with Crippen molar-refractivity contribution < 1.29 is 13.2 Å². The second kappa shape index (κ2) is 6.30. The molecule has 8 heteroatoms. The van der Waals surface area contributed by atoms with Gasteiger partial charge in [-0.05, 0) is 6.07 Å². The summed E-state index contributed by atoms with van der Waals surface area (Å²) in [5, 5.41) is 5.88. The number of sulfonamides is 1. The third kappa shape index (κ3) is 5.20. The summed E-state index contributed by atoms with van der Waals surface area (Å²) in [6, 6.07) is 2.95. The van der Waals surface area contributed by atoms with Gasteiger partial charge in [-0.2, -0.15) is 0 Å². The van der Waals surface area contributed by atoms with Gasteiger partial charge in [0.25, 0.3) is 0 Å². The number of halogens is 3. The molecule has 1 aromatic rings. The maximum atomic E-state index is 10.9. The largest absolute Gasteiger partial charge is 0.492 e. The Balaban J connectivity index is 2.67. The van der Waals surface area contributed by atoms with Crippen LogP contribution in [0.15, 0.2) is 12.1 Å². The number of benzene rings is 1. The average Bonchev–Trinajstić information content (AvgIpc) is 2.19. The van der Waals surface area contributed by atoms with Crippen LogP contribution in [0.2, 0.25) is 15.1 Å². The number of hydrogen-bond donors (Lipinski definition) is 1. The first-order valence-corrected chi connectivity index (χ1v) is 7.82. The second-order valence-corrected chi connectivity index (χ2v) is 6.82. The molecule has 0 radical (unpaired) electrons. The molecule has 4 nitrogen and oxygen atoms in total. The molecule has 0 aromatic heterocycles. The summed E-state index contributed by atoms with van der Waals surface area (Å²) >= 11 is 17.5. The topological polar surface area (TPSA) is 69.4 Å². The number of ether oxygens (including phenoxy) is 1. The van der Waals surface area contributed by atoms with Crippen molar-refractivity contribution in [1.29, 1.82) is 0 Å². The van der Waals surface area contributed by atoms with E-state index in [1.54, 1.807) is 6.92 Å². The van der Waals surface area contributed by atoms with Gasteiger partial charge in [0.05, 0.1) is 27.4 Å². The fourth-order valence-electron chi connectivity index (χ4n) is 1.29. The van der Waals surface area contributed by atoms with E-state index in [0.29, 0.717) is 20.8 Å². The van der Waals surface area contributed by atoms with E-state index in [0.717, 1.165) is 0 Å². The van der Waals surface area contributed by atoms with Gasteiger partial charge in [0.15, 0.2) is 0 Å². The summed E-state index contributed by atoms with van der Waals surface area (Å²) in [5.74, 6) is -0.0655. The molecule has 0 saturated heterocycles. The van der Waals surface area contributed by atoms with Gasteiger partial charge >= 0.3 is 0 Å². The highest BCUT2D eigenvalue weighted by atomic mass is 35.5. The highest BCUT2D eigenvalue weighted by molar-refractivity contribution is 7.89. The third-order valence-electron chi connectivity index (χ3n) is 2.01. The summed E-state index contributed by atoms with van der Waals surface area (Å²) < 4.78 is 27.1. The average molecular weight is 333 g/mol. The van der Waals surface area contributed by atoms with Crippen LogP contribution >= 0.6 is 34.8 Å². The molecule has 102 valence electrons. The highest BCUT2D eigenvalue weighted by Crippen LogP contribution is 2.33. The van der Waals surface area contributed by atoms with E-state index >= 15 is 0 Å². The van der Waals surface area contributed by atoms with E-state index in [2.05, 4.69) is 0 Å². The van der Waals surface area contributed by atoms with E-state index in [1.165, 1.54) is 12.1 Å². The summed E-state index contributed by atoms with van der Waals surface area (Å²) in [5.41, 5.74) is 0. The molecular weight excluding hydrogens is 321 g/mol. The Labute approximate surface area is 121 Å². The summed E-state index contributed by atoms with van der Waals surface area (Å²) in [6.07, 6.45) is 0. The van der Waals surface area contributed by atoms with Crippen LogP contribution in [-0.2, 0) is 10.0 Å². The molecule has 0 fully saturated rings. The lowest BCUT2D eigenvalue weighted by atomic mass is 10.2. The van der Waals surface area contributed by atoms with Crippen molar-refractivity contribution in [2.24, 2.45) is 11.1 Å². The van der Waals surface area contributed by atoms with Crippen molar-refractivity contribution in [2.75, 3.05) is 12.4 Å². The molecule has 18 heavy (non-hydrogen) atoms. The minimum Gasteiger partial charge on any atom is -0.492 e. The zero-order chi connectivity index (χ0) is 13.9. The molecule has 1 rings (SSSR count).